The topological polar surface area (TPSA) is 105 Å². The van der Waals surface area contributed by atoms with Crippen LogP contribution in [0.4, 0.5) is 0 Å². The monoisotopic (exact) mass is 904 g/mol. The van der Waals surface area contributed by atoms with Gasteiger partial charge in [0.1, 0.15) is 22.4 Å². The lowest BCUT2D eigenvalue weighted by atomic mass is 9.80. The highest BCUT2D eigenvalue weighted by molar-refractivity contribution is 6.31. The number of halogens is 2. The average Bonchev–Trinajstić information content (AvgIpc) is 3.22. The molecular weight excluding hydrogens is 847 g/mol. The summed E-state index contributed by atoms with van der Waals surface area (Å²) in [6.07, 6.45) is 5.87. The van der Waals surface area contributed by atoms with Crippen LogP contribution in [0.1, 0.15) is 105 Å². The zero-order chi connectivity index (χ0) is 47.4. The Morgan fingerprint density at radius 3 is 1.33 bits per heavy atom. The van der Waals surface area contributed by atoms with E-state index in [2.05, 4.69) is 6.58 Å². The molecular formula is C54H58Cl2O8. The van der Waals surface area contributed by atoms with Gasteiger partial charge in [-0.25, -0.2) is 4.79 Å². The molecule has 6 rings (SSSR count). The van der Waals surface area contributed by atoms with Gasteiger partial charge >= 0.3 is 11.9 Å². The zero-order valence-electron chi connectivity index (χ0n) is 38.7. The number of aryl methyl sites for hydroxylation is 2. The second kappa shape index (κ2) is 19.8. The fraction of sp³-hybridized carbons (Fsp3) is 0.333. The number of ketones is 2. The van der Waals surface area contributed by atoms with Crippen LogP contribution in [0.2, 0.25) is 10.0 Å². The van der Waals surface area contributed by atoms with E-state index in [1.165, 1.54) is 12.2 Å². The minimum atomic E-state index is -1.07. The van der Waals surface area contributed by atoms with Crippen molar-refractivity contribution in [2.45, 2.75) is 118 Å². The molecule has 10 heteroatoms. The van der Waals surface area contributed by atoms with Gasteiger partial charge in [-0.3, -0.25) is 14.4 Å². The molecule has 0 N–H and O–H groups in total. The first-order valence-electron chi connectivity index (χ1n) is 21.4. The van der Waals surface area contributed by atoms with E-state index in [-0.39, 0.29) is 29.5 Å². The smallest absolute Gasteiger partial charge is 0.335 e. The van der Waals surface area contributed by atoms with E-state index >= 15 is 0 Å². The van der Waals surface area contributed by atoms with Gasteiger partial charge in [0, 0.05) is 16.1 Å². The van der Waals surface area contributed by atoms with E-state index in [1.54, 1.807) is 40.7 Å². The Morgan fingerprint density at radius 2 is 0.969 bits per heavy atom. The Morgan fingerprint density at radius 1 is 0.594 bits per heavy atom. The summed E-state index contributed by atoms with van der Waals surface area (Å²) in [6.45, 7) is 23.6. The van der Waals surface area contributed by atoms with Crippen LogP contribution in [0.25, 0.3) is 33.4 Å². The van der Waals surface area contributed by atoms with Crippen LogP contribution < -0.4 is 0 Å². The highest BCUT2D eigenvalue weighted by atomic mass is 35.5. The van der Waals surface area contributed by atoms with Crippen molar-refractivity contribution in [2.75, 3.05) is 0 Å². The molecule has 2 heterocycles. The van der Waals surface area contributed by atoms with Crippen molar-refractivity contribution in [1.29, 1.82) is 0 Å². The number of esters is 2. The van der Waals surface area contributed by atoms with E-state index in [0.717, 1.165) is 44.5 Å². The maximum Gasteiger partial charge on any atom is 0.335 e. The third-order valence-electron chi connectivity index (χ3n) is 11.0. The van der Waals surface area contributed by atoms with E-state index < -0.39 is 34.3 Å². The van der Waals surface area contributed by atoms with Crippen LogP contribution in [-0.2, 0) is 51.0 Å². The number of carbonyl (C=O) groups excluding carboxylic acids is 4. The third-order valence-corrected chi connectivity index (χ3v) is 11.5. The number of hydrogen-bond acceptors (Lipinski definition) is 8. The second-order valence-corrected chi connectivity index (χ2v) is 18.5. The van der Waals surface area contributed by atoms with Gasteiger partial charge in [0.2, 0.25) is 0 Å². The molecule has 0 saturated heterocycles. The van der Waals surface area contributed by atoms with E-state index in [9.17, 15) is 19.2 Å². The van der Waals surface area contributed by atoms with Crippen molar-refractivity contribution in [2.24, 2.45) is 0 Å². The minimum Gasteiger partial charge on any atom is -0.427 e. The summed E-state index contributed by atoms with van der Waals surface area (Å²) in [5.41, 5.74) is 3.95. The largest absolute Gasteiger partial charge is 0.427 e. The van der Waals surface area contributed by atoms with Crippen molar-refractivity contribution >= 4 is 57.9 Å². The van der Waals surface area contributed by atoms with Crippen molar-refractivity contribution in [1.82, 2.24) is 0 Å². The van der Waals surface area contributed by atoms with Crippen LogP contribution in [-0.4, -0.2) is 45.9 Å². The average molecular weight is 906 g/mol. The number of benzene rings is 4. The SMILES string of the molecule is C/C=C/C(=O)OC1=C(c2cc(-c3ccc(Cl)cc3)ccc2CC)C(=O)C(C)(C)OC1(C)C.C=CCC(=O)OC1=C(c2cc(-c3ccc(Cl)cc3)ccc2CC)C(=O)C(C)(C)OC1(C)C. The molecule has 8 nitrogen and oxygen atoms in total. The molecule has 0 amide bonds. The Kier molecular flexibility index (Phi) is 15.3. The molecule has 0 fully saturated rings. The summed E-state index contributed by atoms with van der Waals surface area (Å²) in [5.74, 6) is -1.01. The van der Waals surface area contributed by atoms with Crippen molar-refractivity contribution in [3.8, 4) is 22.3 Å². The molecule has 0 saturated carbocycles. The number of hydrogen-bond donors (Lipinski definition) is 0. The van der Waals surface area contributed by atoms with Gasteiger partial charge in [-0.2, -0.15) is 0 Å². The quantitative estimate of drug-likeness (QED) is 0.0832. The number of carbonyl (C=O) groups is 4. The maximum absolute atomic E-state index is 13.6. The highest BCUT2D eigenvalue weighted by Crippen LogP contribution is 2.45. The molecule has 0 aliphatic carbocycles. The van der Waals surface area contributed by atoms with Crippen molar-refractivity contribution in [3.05, 3.63) is 154 Å². The number of ether oxygens (including phenoxy) is 4. The molecule has 64 heavy (non-hydrogen) atoms. The van der Waals surface area contributed by atoms with Gasteiger partial charge in [0.05, 0.1) is 17.6 Å². The Labute approximate surface area is 387 Å². The van der Waals surface area contributed by atoms with Gasteiger partial charge in [-0.15, -0.1) is 6.58 Å². The first-order chi connectivity index (χ1) is 30.0. The molecule has 2 aliphatic rings. The maximum atomic E-state index is 13.6. The molecule has 0 unspecified atom stereocenters. The van der Waals surface area contributed by atoms with Gasteiger partial charge in [-0.05, 0) is 156 Å². The van der Waals surface area contributed by atoms with E-state index in [4.69, 9.17) is 42.1 Å². The zero-order valence-corrected chi connectivity index (χ0v) is 40.2. The minimum absolute atomic E-state index is 0.0376. The number of Topliss-reactive ketones (excluding diaryl/α,β-unsaturated/α-hetero) is 2. The molecule has 0 aromatic heterocycles. The predicted octanol–water partition coefficient (Wildman–Crippen LogP) is 13.1. The number of allylic oxidation sites excluding steroid dienone is 1. The standard InChI is InChI=1S/2C27H29ClO4/c2*1-7-9-22(29)31-25-23(24(30)26(3,4)32-27(25,5)6)21-16-19(11-10-17(21)8-2)18-12-14-20(28)15-13-18/h7,9-16H,8H2,1-6H3;7,10-16H,1,8-9H2,2-6H3/b9-7+;. The molecule has 2 aliphatic heterocycles. The molecule has 0 atom stereocenters. The van der Waals surface area contributed by atoms with Gasteiger partial charge in [-0.1, -0.05) is 97.7 Å². The molecule has 0 radical (unpaired) electrons. The Hall–Kier alpha value is -5.38. The summed E-state index contributed by atoms with van der Waals surface area (Å²) >= 11 is 12.1. The predicted molar refractivity (Wildman–Crippen MR) is 257 cm³/mol. The third kappa shape index (κ3) is 10.9. The molecule has 0 bridgehead atoms. The van der Waals surface area contributed by atoms with Crippen LogP contribution in [0.5, 0.6) is 0 Å². The van der Waals surface area contributed by atoms with Crippen LogP contribution >= 0.6 is 23.2 Å². The molecule has 4 aromatic rings. The van der Waals surface area contributed by atoms with Gasteiger partial charge in [0.25, 0.3) is 0 Å². The summed E-state index contributed by atoms with van der Waals surface area (Å²) in [6, 6.07) is 27.1. The molecule has 336 valence electrons. The van der Waals surface area contributed by atoms with Crippen molar-refractivity contribution < 1.29 is 38.1 Å². The van der Waals surface area contributed by atoms with Crippen LogP contribution in [0.3, 0.4) is 0 Å². The Balaban J connectivity index is 0.000000241. The lowest BCUT2D eigenvalue weighted by Crippen LogP contribution is -2.50. The summed E-state index contributed by atoms with van der Waals surface area (Å²) < 4.78 is 23.7. The van der Waals surface area contributed by atoms with Crippen LogP contribution in [0.15, 0.2) is 121 Å². The van der Waals surface area contributed by atoms with E-state index in [1.807, 2.05) is 126 Å². The normalized spacial score (nSPS) is 17.5. The second-order valence-electron chi connectivity index (χ2n) is 17.7. The number of rotatable bonds is 11. The first-order valence-corrected chi connectivity index (χ1v) is 22.2. The summed E-state index contributed by atoms with van der Waals surface area (Å²) in [5, 5.41) is 1.31. The highest BCUT2D eigenvalue weighted by Gasteiger charge is 2.50. The first kappa shape index (κ1) is 49.6. The lowest BCUT2D eigenvalue weighted by molar-refractivity contribution is -0.165. The fourth-order valence-corrected chi connectivity index (χ4v) is 8.38. The molecule has 4 aromatic carbocycles. The Bertz CT molecular complexity index is 2550. The van der Waals surface area contributed by atoms with Gasteiger partial charge in [0.15, 0.2) is 23.1 Å². The fourth-order valence-electron chi connectivity index (χ4n) is 8.13. The lowest BCUT2D eigenvalue weighted by Gasteiger charge is -2.42. The molecule has 0 spiro atoms. The summed E-state index contributed by atoms with van der Waals surface area (Å²) in [7, 11) is 0. The summed E-state index contributed by atoms with van der Waals surface area (Å²) in [4.78, 5) is 52.1. The van der Waals surface area contributed by atoms with E-state index in [0.29, 0.717) is 34.0 Å². The van der Waals surface area contributed by atoms with Crippen molar-refractivity contribution in [3.63, 3.8) is 0 Å². The van der Waals surface area contributed by atoms with Crippen LogP contribution in [0, 0.1) is 0 Å². The van der Waals surface area contributed by atoms with Gasteiger partial charge < -0.3 is 18.9 Å².